The number of fused-ring (bicyclic) bond motifs is 1. The number of benzene rings is 2. The fourth-order valence-electron chi connectivity index (χ4n) is 4.11. The van der Waals surface area contributed by atoms with E-state index >= 15 is 0 Å². The standard InChI is InChI=1S/C28H29ClN2O5S/c1-6-16(3)36-21-13-12-18(14-22(21)34-5)15-23-26(32)31-25(19-10-8-9-11-20(19)29)24(27(33)35-7-2)17(4)30-28(31)37-23/h8-16,25H,6-7H2,1-5H3/b23-15+/t16-,25-/m1/s1. The summed E-state index contributed by atoms with van der Waals surface area (Å²) in [6.45, 7) is 7.73. The van der Waals surface area contributed by atoms with E-state index in [2.05, 4.69) is 11.9 Å². The van der Waals surface area contributed by atoms with Crippen molar-refractivity contribution >= 4 is 35.0 Å². The van der Waals surface area contributed by atoms with E-state index in [1.807, 2.05) is 37.3 Å². The second-order valence-corrected chi connectivity index (χ2v) is 9.99. The summed E-state index contributed by atoms with van der Waals surface area (Å²) < 4.78 is 18.8. The number of nitrogens with zero attached hydrogens (tertiary/aromatic N) is 2. The normalized spacial score (nSPS) is 16.2. The molecule has 37 heavy (non-hydrogen) atoms. The van der Waals surface area contributed by atoms with Gasteiger partial charge in [-0.15, -0.1) is 0 Å². The minimum atomic E-state index is -0.757. The largest absolute Gasteiger partial charge is 0.493 e. The molecular weight excluding hydrogens is 512 g/mol. The van der Waals surface area contributed by atoms with Crippen LogP contribution in [0, 0.1) is 0 Å². The molecule has 0 radical (unpaired) electrons. The molecule has 0 aliphatic carbocycles. The first-order chi connectivity index (χ1) is 17.8. The van der Waals surface area contributed by atoms with Crippen molar-refractivity contribution in [2.45, 2.75) is 46.3 Å². The number of hydrogen-bond donors (Lipinski definition) is 0. The van der Waals surface area contributed by atoms with Crippen molar-refractivity contribution < 1.29 is 19.0 Å². The zero-order chi connectivity index (χ0) is 26.7. The predicted molar refractivity (Wildman–Crippen MR) is 145 cm³/mol. The Balaban J connectivity index is 1.87. The average Bonchev–Trinajstić information content (AvgIpc) is 3.18. The maximum absolute atomic E-state index is 13.8. The zero-order valence-corrected chi connectivity index (χ0v) is 23.0. The highest BCUT2D eigenvalue weighted by Gasteiger charge is 2.34. The van der Waals surface area contributed by atoms with Gasteiger partial charge in [0, 0.05) is 5.02 Å². The Labute approximate surface area is 224 Å². The van der Waals surface area contributed by atoms with Crippen LogP contribution in [0.2, 0.25) is 5.02 Å². The number of aromatic nitrogens is 1. The second-order valence-electron chi connectivity index (χ2n) is 8.57. The number of carbonyl (C=O) groups is 1. The molecule has 7 nitrogen and oxygen atoms in total. The number of thiazole rings is 1. The molecule has 0 unspecified atom stereocenters. The van der Waals surface area contributed by atoms with Crippen LogP contribution in [0.15, 0.2) is 63.5 Å². The lowest BCUT2D eigenvalue weighted by molar-refractivity contribution is -0.139. The summed E-state index contributed by atoms with van der Waals surface area (Å²) in [6, 6.07) is 12.0. The van der Waals surface area contributed by atoms with E-state index in [9.17, 15) is 9.59 Å². The lowest BCUT2D eigenvalue weighted by Crippen LogP contribution is -2.40. The number of carbonyl (C=O) groups excluding carboxylic acids is 1. The van der Waals surface area contributed by atoms with Crippen molar-refractivity contribution in [3.63, 3.8) is 0 Å². The predicted octanol–water partition coefficient (Wildman–Crippen LogP) is 4.64. The van der Waals surface area contributed by atoms with Gasteiger partial charge in [-0.1, -0.05) is 54.1 Å². The molecule has 2 atom stereocenters. The Morgan fingerprint density at radius 3 is 2.65 bits per heavy atom. The van der Waals surface area contributed by atoms with Crippen molar-refractivity contribution in [2.24, 2.45) is 4.99 Å². The van der Waals surface area contributed by atoms with Crippen LogP contribution in [0.25, 0.3) is 6.08 Å². The highest BCUT2D eigenvalue weighted by atomic mass is 35.5. The molecule has 0 spiro atoms. The summed E-state index contributed by atoms with van der Waals surface area (Å²) in [5.41, 5.74) is 1.91. The lowest BCUT2D eigenvalue weighted by Gasteiger charge is -2.25. The van der Waals surface area contributed by atoms with Gasteiger partial charge in [0.05, 0.1) is 35.6 Å². The quantitative estimate of drug-likeness (QED) is 0.389. The monoisotopic (exact) mass is 540 g/mol. The molecule has 0 N–H and O–H groups in total. The fourth-order valence-corrected chi connectivity index (χ4v) is 5.39. The van der Waals surface area contributed by atoms with Gasteiger partial charge >= 0.3 is 5.97 Å². The number of ether oxygens (including phenoxy) is 3. The summed E-state index contributed by atoms with van der Waals surface area (Å²) >= 11 is 7.80. The Morgan fingerprint density at radius 2 is 1.97 bits per heavy atom. The van der Waals surface area contributed by atoms with Gasteiger partial charge in [0.15, 0.2) is 16.3 Å². The number of methoxy groups -OCH3 is 1. The summed E-state index contributed by atoms with van der Waals surface area (Å²) in [7, 11) is 1.58. The van der Waals surface area contributed by atoms with E-state index in [0.717, 1.165) is 12.0 Å². The summed E-state index contributed by atoms with van der Waals surface area (Å²) in [5.74, 6) is 0.699. The molecule has 3 aromatic rings. The van der Waals surface area contributed by atoms with Crippen molar-refractivity contribution in [3.8, 4) is 11.5 Å². The molecule has 9 heteroatoms. The number of esters is 1. The van der Waals surface area contributed by atoms with Crippen LogP contribution in [0.5, 0.6) is 11.5 Å². The van der Waals surface area contributed by atoms with E-state index < -0.39 is 12.0 Å². The van der Waals surface area contributed by atoms with Gasteiger partial charge in [-0.2, -0.15) is 0 Å². The van der Waals surface area contributed by atoms with Crippen molar-refractivity contribution in [3.05, 3.63) is 89.6 Å². The molecule has 0 bridgehead atoms. The highest BCUT2D eigenvalue weighted by Crippen LogP contribution is 2.34. The maximum Gasteiger partial charge on any atom is 0.338 e. The molecule has 1 aliphatic rings. The van der Waals surface area contributed by atoms with Crippen LogP contribution in [-0.4, -0.2) is 30.4 Å². The smallest absolute Gasteiger partial charge is 0.338 e. The van der Waals surface area contributed by atoms with E-state index in [0.29, 0.717) is 42.7 Å². The first-order valence-electron chi connectivity index (χ1n) is 12.1. The van der Waals surface area contributed by atoms with Crippen LogP contribution in [-0.2, 0) is 9.53 Å². The lowest BCUT2D eigenvalue weighted by atomic mass is 9.96. The number of allylic oxidation sites excluding steroid dienone is 1. The third-order valence-corrected chi connectivity index (χ3v) is 7.43. The van der Waals surface area contributed by atoms with Crippen molar-refractivity contribution in [2.75, 3.05) is 13.7 Å². The van der Waals surface area contributed by atoms with Gasteiger partial charge in [0.25, 0.3) is 5.56 Å². The van der Waals surface area contributed by atoms with E-state index in [-0.39, 0.29) is 18.3 Å². The van der Waals surface area contributed by atoms with Crippen LogP contribution in [0.4, 0.5) is 0 Å². The topological polar surface area (TPSA) is 79.1 Å². The Kier molecular flexibility index (Phi) is 8.19. The van der Waals surface area contributed by atoms with Crippen LogP contribution >= 0.6 is 22.9 Å². The number of hydrogen-bond acceptors (Lipinski definition) is 7. The van der Waals surface area contributed by atoms with E-state index in [1.54, 1.807) is 39.2 Å². The second kappa shape index (κ2) is 11.4. The van der Waals surface area contributed by atoms with Crippen LogP contribution in [0.3, 0.4) is 0 Å². The molecule has 2 heterocycles. The molecule has 1 aliphatic heterocycles. The van der Waals surface area contributed by atoms with Gasteiger partial charge in [-0.05, 0) is 62.6 Å². The average molecular weight is 541 g/mol. The number of halogens is 1. The molecule has 0 saturated heterocycles. The first-order valence-corrected chi connectivity index (χ1v) is 13.3. The molecule has 4 rings (SSSR count). The fraction of sp³-hybridized carbons (Fsp3) is 0.321. The molecule has 2 aromatic carbocycles. The minimum Gasteiger partial charge on any atom is -0.493 e. The third-order valence-electron chi connectivity index (χ3n) is 6.11. The van der Waals surface area contributed by atoms with Gasteiger partial charge in [-0.25, -0.2) is 9.79 Å². The Hall–Kier alpha value is -3.36. The molecule has 194 valence electrons. The first kappa shape index (κ1) is 26.7. The Bertz CT molecular complexity index is 1540. The summed E-state index contributed by atoms with van der Waals surface area (Å²) in [6.07, 6.45) is 2.70. The van der Waals surface area contributed by atoms with Crippen LogP contribution in [0.1, 0.15) is 51.3 Å². The van der Waals surface area contributed by atoms with Gasteiger partial charge in [0.1, 0.15) is 6.04 Å². The van der Waals surface area contributed by atoms with E-state index in [4.69, 9.17) is 25.8 Å². The zero-order valence-electron chi connectivity index (χ0n) is 21.4. The molecule has 0 fully saturated rings. The van der Waals surface area contributed by atoms with Gasteiger partial charge in [-0.3, -0.25) is 9.36 Å². The minimum absolute atomic E-state index is 0.0464. The molecule has 1 aromatic heterocycles. The molecule has 0 amide bonds. The SMILES string of the molecule is CCOC(=O)C1=C(C)N=c2s/c(=C/c3ccc(O[C@H](C)CC)c(OC)c3)c(=O)n2[C@@H]1c1ccccc1Cl. The van der Waals surface area contributed by atoms with Crippen molar-refractivity contribution in [1.82, 2.24) is 4.57 Å². The van der Waals surface area contributed by atoms with Crippen LogP contribution < -0.4 is 24.4 Å². The Morgan fingerprint density at radius 1 is 1.22 bits per heavy atom. The third kappa shape index (κ3) is 5.36. The number of rotatable bonds is 8. The highest BCUT2D eigenvalue weighted by molar-refractivity contribution is 7.07. The maximum atomic E-state index is 13.8. The molecular formula is C28H29ClN2O5S. The van der Waals surface area contributed by atoms with Crippen molar-refractivity contribution in [1.29, 1.82) is 0 Å². The van der Waals surface area contributed by atoms with E-state index in [1.165, 1.54) is 15.9 Å². The van der Waals surface area contributed by atoms with Gasteiger partial charge < -0.3 is 14.2 Å². The molecule has 0 saturated carbocycles. The summed E-state index contributed by atoms with van der Waals surface area (Å²) in [4.78, 5) is 31.8. The van der Waals surface area contributed by atoms with Gasteiger partial charge in [0.2, 0.25) is 0 Å². The summed E-state index contributed by atoms with van der Waals surface area (Å²) in [5, 5.41) is 0.445.